The second-order valence-electron chi connectivity index (χ2n) is 5.17. The summed E-state index contributed by atoms with van der Waals surface area (Å²) in [4.78, 5) is 4.52. The standard InChI is InChI=1S/C19H17ClN2O/c1-14-3-8-18(13-21-16-6-4-15(20)5-7-16)22(14)17-9-11-19(23-2)12-10-17/h3-13H,1-2H3. The molecule has 0 saturated heterocycles. The summed E-state index contributed by atoms with van der Waals surface area (Å²) in [5, 5.41) is 0.710. The summed E-state index contributed by atoms with van der Waals surface area (Å²) in [5.41, 5.74) is 4.11. The zero-order chi connectivity index (χ0) is 16.2. The Labute approximate surface area is 140 Å². The van der Waals surface area contributed by atoms with Crippen LogP contribution in [0.25, 0.3) is 5.69 Å². The van der Waals surface area contributed by atoms with E-state index >= 15 is 0 Å². The maximum absolute atomic E-state index is 5.90. The van der Waals surface area contributed by atoms with Crippen molar-refractivity contribution in [3.05, 3.63) is 77.1 Å². The van der Waals surface area contributed by atoms with Crippen molar-refractivity contribution in [3.8, 4) is 11.4 Å². The van der Waals surface area contributed by atoms with Gasteiger partial charge >= 0.3 is 0 Å². The van der Waals surface area contributed by atoms with Crippen molar-refractivity contribution in [3.63, 3.8) is 0 Å². The summed E-state index contributed by atoms with van der Waals surface area (Å²) >= 11 is 5.90. The van der Waals surface area contributed by atoms with Gasteiger partial charge < -0.3 is 9.30 Å². The summed E-state index contributed by atoms with van der Waals surface area (Å²) in [5.74, 6) is 0.843. The van der Waals surface area contributed by atoms with Crippen LogP contribution in [0.5, 0.6) is 5.75 Å². The van der Waals surface area contributed by atoms with Crippen LogP contribution in [0.1, 0.15) is 11.4 Å². The molecular weight excluding hydrogens is 308 g/mol. The minimum Gasteiger partial charge on any atom is -0.497 e. The molecule has 0 N–H and O–H groups in total. The normalized spacial score (nSPS) is 11.1. The highest BCUT2D eigenvalue weighted by molar-refractivity contribution is 6.30. The molecule has 0 amide bonds. The fourth-order valence-electron chi connectivity index (χ4n) is 2.41. The van der Waals surface area contributed by atoms with Gasteiger partial charge in [0.05, 0.1) is 24.7 Å². The molecule has 0 fully saturated rings. The van der Waals surface area contributed by atoms with Gasteiger partial charge in [0.1, 0.15) is 5.75 Å². The molecule has 116 valence electrons. The fourth-order valence-corrected chi connectivity index (χ4v) is 2.54. The lowest BCUT2D eigenvalue weighted by atomic mass is 10.3. The van der Waals surface area contributed by atoms with Gasteiger partial charge in [-0.1, -0.05) is 11.6 Å². The Morgan fingerprint density at radius 2 is 1.65 bits per heavy atom. The number of aliphatic imine (C=N–C) groups is 1. The van der Waals surface area contributed by atoms with Crippen LogP contribution < -0.4 is 4.74 Å². The van der Waals surface area contributed by atoms with Gasteiger partial charge in [-0.3, -0.25) is 4.99 Å². The quantitative estimate of drug-likeness (QED) is 0.606. The first-order valence-electron chi connectivity index (χ1n) is 7.30. The minimum atomic E-state index is 0.710. The smallest absolute Gasteiger partial charge is 0.119 e. The number of methoxy groups -OCH3 is 1. The van der Waals surface area contributed by atoms with E-state index in [9.17, 15) is 0 Å². The molecule has 0 spiro atoms. The fraction of sp³-hybridized carbons (Fsp3) is 0.105. The number of aromatic nitrogens is 1. The highest BCUT2D eigenvalue weighted by atomic mass is 35.5. The molecule has 23 heavy (non-hydrogen) atoms. The predicted octanol–water partition coefficient (Wildman–Crippen LogP) is 5.20. The maximum atomic E-state index is 5.90. The van der Waals surface area contributed by atoms with Crippen LogP contribution in [0.3, 0.4) is 0 Å². The van der Waals surface area contributed by atoms with Crippen molar-refractivity contribution in [1.29, 1.82) is 0 Å². The predicted molar refractivity (Wildman–Crippen MR) is 95.8 cm³/mol. The number of benzene rings is 2. The van der Waals surface area contributed by atoms with Crippen LogP contribution >= 0.6 is 11.6 Å². The van der Waals surface area contributed by atoms with Crippen molar-refractivity contribution in [2.75, 3.05) is 7.11 Å². The third-order valence-electron chi connectivity index (χ3n) is 3.61. The van der Waals surface area contributed by atoms with E-state index < -0.39 is 0 Å². The molecule has 1 aromatic heterocycles. The Hall–Kier alpha value is -2.52. The first-order valence-corrected chi connectivity index (χ1v) is 7.67. The molecule has 0 unspecified atom stereocenters. The molecular formula is C19H17ClN2O. The number of ether oxygens (including phenoxy) is 1. The Morgan fingerprint density at radius 1 is 0.957 bits per heavy atom. The highest BCUT2D eigenvalue weighted by Gasteiger charge is 2.06. The van der Waals surface area contributed by atoms with Crippen LogP contribution in [-0.2, 0) is 0 Å². The largest absolute Gasteiger partial charge is 0.497 e. The molecule has 0 bridgehead atoms. The third-order valence-corrected chi connectivity index (χ3v) is 3.86. The second kappa shape index (κ2) is 6.71. The van der Waals surface area contributed by atoms with Crippen LogP contribution in [0.2, 0.25) is 5.02 Å². The van der Waals surface area contributed by atoms with E-state index in [0.717, 1.165) is 28.5 Å². The van der Waals surface area contributed by atoms with Gasteiger partial charge in [-0.15, -0.1) is 0 Å². The lowest BCUT2D eigenvalue weighted by molar-refractivity contribution is 0.414. The molecule has 1 heterocycles. The van der Waals surface area contributed by atoms with Crippen LogP contribution in [0, 0.1) is 6.92 Å². The number of nitrogens with zero attached hydrogens (tertiary/aromatic N) is 2. The molecule has 0 aliphatic heterocycles. The summed E-state index contributed by atoms with van der Waals surface area (Å²) in [6, 6.07) is 19.6. The SMILES string of the molecule is COc1ccc(-n2c(C)ccc2C=Nc2ccc(Cl)cc2)cc1. The number of hydrogen-bond donors (Lipinski definition) is 0. The number of hydrogen-bond acceptors (Lipinski definition) is 2. The topological polar surface area (TPSA) is 26.5 Å². The highest BCUT2D eigenvalue weighted by Crippen LogP contribution is 2.20. The molecule has 4 heteroatoms. The lowest BCUT2D eigenvalue weighted by Crippen LogP contribution is -2.01. The van der Waals surface area contributed by atoms with Crippen molar-refractivity contribution in [2.24, 2.45) is 4.99 Å². The van der Waals surface area contributed by atoms with Gasteiger partial charge in [-0.25, -0.2) is 0 Å². The zero-order valence-corrected chi connectivity index (χ0v) is 13.8. The van der Waals surface area contributed by atoms with Gasteiger partial charge in [-0.2, -0.15) is 0 Å². The third kappa shape index (κ3) is 3.46. The average molecular weight is 325 g/mol. The number of aryl methyl sites for hydroxylation is 1. The summed E-state index contributed by atoms with van der Waals surface area (Å²) in [7, 11) is 1.67. The van der Waals surface area contributed by atoms with E-state index in [-0.39, 0.29) is 0 Å². The van der Waals surface area contributed by atoms with E-state index in [0.29, 0.717) is 5.02 Å². The van der Waals surface area contributed by atoms with Crippen molar-refractivity contribution >= 4 is 23.5 Å². The Balaban J connectivity index is 1.93. The van der Waals surface area contributed by atoms with Crippen LogP contribution in [0.15, 0.2) is 65.7 Å². The van der Waals surface area contributed by atoms with Crippen LogP contribution in [-0.4, -0.2) is 17.9 Å². The van der Waals surface area contributed by atoms with Crippen molar-refractivity contribution < 1.29 is 4.74 Å². The molecule has 2 aromatic carbocycles. The first kappa shape index (κ1) is 15.4. The van der Waals surface area contributed by atoms with Gasteiger partial charge in [0.25, 0.3) is 0 Å². The van der Waals surface area contributed by atoms with Gasteiger partial charge in [0, 0.05) is 16.4 Å². The Kier molecular flexibility index (Phi) is 4.49. The van der Waals surface area contributed by atoms with Crippen molar-refractivity contribution in [1.82, 2.24) is 4.57 Å². The second-order valence-corrected chi connectivity index (χ2v) is 5.60. The molecule has 3 nitrogen and oxygen atoms in total. The molecule has 0 aliphatic carbocycles. The lowest BCUT2D eigenvalue weighted by Gasteiger charge is -2.10. The Morgan fingerprint density at radius 3 is 2.30 bits per heavy atom. The summed E-state index contributed by atoms with van der Waals surface area (Å²) < 4.78 is 7.37. The molecule has 3 aromatic rings. The van der Waals surface area contributed by atoms with Gasteiger partial charge in [-0.05, 0) is 67.6 Å². The summed E-state index contributed by atoms with van der Waals surface area (Å²) in [6.45, 7) is 2.07. The molecule has 0 radical (unpaired) electrons. The van der Waals surface area contributed by atoms with E-state index in [2.05, 4.69) is 28.6 Å². The number of halogens is 1. The Bertz CT molecular complexity index is 818. The molecule has 0 atom stereocenters. The van der Waals surface area contributed by atoms with Gasteiger partial charge in [0.15, 0.2) is 0 Å². The van der Waals surface area contributed by atoms with Gasteiger partial charge in [0.2, 0.25) is 0 Å². The van der Waals surface area contributed by atoms with E-state index in [4.69, 9.17) is 16.3 Å². The maximum Gasteiger partial charge on any atom is 0.119 e. The monoisotopic (exact) mass is 324 g/mol. The zero-order valence-electron chi connectivity index (χ0n) is 13.0. The van der Waals surface area contributed by atoms with E-state index in [1.807, 2.05) is 54.7 Å². The summed E-state index contributed by atoms with van der Waals surface area (Å²) in [6.07, 6.45) is 1.86. The van der Waals surface area contributed by atoms with E-state index in [1.54, 1.807) is 7.11 Å². The number of rotatable bonds is 4. The minimum absolute atomic E-state index is 0.710. The molecule has 3 rings (SSSR count). The van der Waals surface area contributed by atoms with E-state index in [1.165, 1.54) is 0 Å². The van der Waals surface area contributed by atoms with Crippen LogP contribution in [0.4, 0.5) is 5.69 Å². The average Bonchev–Trinajstić information content (AvgIpc) is 2.95. The molecule has 0 aliphatic rings. The molecule has 0 saturated carbocycles. The van der Waals surface area contributed by atoms with Crippen molar-refractivity contribution in [2.45, 2.75) is 6.92 Å². The first-order chi connectivity index (χ1) is 11.2.